The van der Waals surface area contributed by atoms with Gasteiger partial charge in [-0.15, -0.1) is 0 Å². The number of nitrogens with zero attached hydrogens (tertiary/aromatic N) is 2. The third kappa shape index (κ3) is 5.42. The molecule has 2 N–H and O–H groups in total. The minimum absolute atomic E-state index is 0.130. The molecule has 0 spiro atoms. The molecule has 0 heterocycles. The zero-order valence-electron chi connectivity index (χ0n) is 14.9. The molecule has 2 rings (SSSR count). The van der Waals surface area contributed by atoms with E-state index >= 15 is 0 Å². The van der Waals surface area contributed by atoms with E-state index in [0.29, 0.717) is 22.9 Å². The number of carbonyl (C=O) groups excluding carboxylic acids is 2. The normalized spacial score (nSPS) is 10.2. The lowest BCUT2D eigenvalue weighted by Gasteiger charge is -2.17. The highest BCUT2D eigenvalue weighted by Gasteiger charge is 2.20. The van der Waals surface area contributed by atoms with Crippen LogP contribution in [0.4, 0.5) is 17.1 Å². The summed E-state index contributed by atoms with van der Waals surface area (Å²) in [6, 6.07) is 10.7. The maximum Gasteiger partial charge on any atom is 0.293 e. The number of anilines is 2. The molecule has 0 bridgehead atoms. The second-order valence-electron chi connectivity index (χ2n) is 5.74. The molecule has 0 aromatic heterocycles. The van der Waals surface area contributed by atoms with Crippen LogP contribution in [-0.4, -0.2) is 41.8 Å². The molecule has 0 aliphatic rings. The third-order valence-electron chi connectivity index (χ3n) is 3.66. The zero-order chi connectivity index (χ0) is 20.0. The Kier molecular flexibility index (Phi) is 6.73. The van der Waals surface area contributed by atoms with Crippen molar-refractivity contribution in [3.8, 4) is 0 Å². The van der Waals surface area contributed by atoms with Crippen molar-refractivity contribution in [3.63, 3.8) is 0 Å². The number of halogens is 1. The van der Waals surface area contributed by atoms with Crippen molar-refractivity contribution >= 4 is 40.5 Å². The first-order valence-corrected chi connectivity index (χ1v) is 8.52. The van der Waals surface area contributed by atoms with Crippen LogP contribution in [0.15, 0.2) is 42.5 Å². The summed E-state index contributed by atoms with van der Waals surface area (Å²) >= 11 is 5.79. The maximum atomic E-state index is 12.5. The van der Waals surface area contributed by atoms with Crippen LogP contribution in [0.1, 0.15) is 17.3 Å². The second-order valence-corrected chi connectivity index (χ2v) is 6.17. The fraction of sp³-hybridized carbons (Fsp3) is 0.222. The van der Waals surface area contributed by atoms with Gasteiger partial charge >= 0.3 is 0 Å². The van der Waals surface area contributed by atoms with Crippen LogP contribution < -0.4 is 10.6 Å². The number of amides is 2. The van der Waals surface area contributed by atoms with E-state index in [9.17, 15) is 19.7 Å². The summed E-state index contributed by atoms with van der Waals surface area (Å²) in [6.45, 7) is 2.12. The van der Waals surface area contributed by atoms with E-state index in [1.807, 2.05) is 6.92 Å². The summed E-state index contributed by atoms with van der Waals surface area (Å²) in [5.74, 6) is -0.889. The van der Waals surface area contributed by atoms with Crippen molar-refractivity contribution in [3.05, 3.63) is 63.2 Å². The van der Waals surface area contributed by atoms with E-state index < -0.39 is 16.7 Å². The highest BCUT2D eigenvalue weighted by Crippen LogP contribution is 2.26. The highest BCUT2D eigenvalue weighted by atomic mass is 35.5. The van der Waals surface area contributed by atoms with Crippen molar-refractivity contribution in [1.82, 2.24) is 4.90 Å². The molecule has 0 saturated carbocycles. The maximum absolute atomic E-state index is 12.5. The Balaban J connectivity index is 2.07. The Morgan fingerprint density at radius 3 is 2.44 bits per heavy atom. The Bertz CT molecular complexity index is 855. The van der Waals surface area contributed by atoms with Crippen molar-refractivity contribution in [1.29, 1.82) is 0 Å². The van der Waals surface area contributed by atoms with E-state index in [2.05, 4.69) is 10.6 Å². The largest absolute Gasteiger partial charge is 0.380 e. The topological polar surface area (TPSA) is 105 Å². The molecule has 2 aromatic rings. The number of nitro benzene ring substituents is 1. The summed E-state index contributed by atoms with van der Waals surface area (Å²) in [4.78, 5) is 36.5. The fourth-order valence-corrected chi connectivity index (χ4v) is 2.52. The predicted octanol–water partition coefficient (Wildman–Crippen LogP) is 3.39. The molecule has 0 aliphatic carbocycles. The first-order chi connectivity index (χ1) is 12.8. The molecule has 2 amide bonds. The van der Waals surface area contributed by atoms with Crippen LogP contribution in [0.2, 0.25) is 5.02 Å². The number of nitro groups is 1. The van der Waals surface area contributed by atoms with Crippen molar-refractivity contribution in [2.24, 2.45) is 0 Å². The Hall–Kier alpha value is -3.13. The lowest BCUT2D eigenvalue weighted by atomic mass is 10.1. The average Bonchev–Trinajstić information content (AvgIpc) is 2.63. The van der Waals surface area contributed by atoms with Gasteiger partial charge in [0.1, 0.15) is 5.69 Å². The first-order valence-electron chi connectivity index (χ1n) is 8.15. The standard InChI is InChI=1S/C18H19ClN4O4/c1-3-20-15-9-4-12(10-16(15)23(26)27)18(25)22(2)11-17(24)21-14-7-5-13(19)6-8-14/h4-10,20H,3,11H2,1-2H3,(H,21,24). The molecule has 0 aliphatic heterocycles. The molecular formula is C18H19ClN4O4. The van der Waals surface area contributed by atoms with Gasteiger partial charge in [-0.25, -0.2) is 0 Å². The van der Waals surface area contributed by atoms with Crippen LogP contribution in [0, 0.1) is 10.1 Å². The van der Waals surface area contributed by atoms with Gasteiger partial charge < -0.3 is 15.5 Å². The number of hydrogen-bond donors (Lipinski definition) is 2. The summed E-state index contributed by atoms with van der Waals surface area (Å²) in [6.07, 6.45) is 0. The van der Waals surface area contributed by atoms with Crippen molar-refractivity contribution in [2.45, 2.75) is 6.92 Å². The Morgan fingerprint density at radius 1 is 1.19 bits per heavy atom. The van der Waals surface area contributed by atoms with E-state index in [0.717, 1.165) is 0 Å². The lowest BCUT2D eigenvalue weighted by Crippen LogP contribution is -2.35. The van der Waals surface area contributed by atoms with Crippen molar-refractivity contribution in [2.75, 3.05) is 30.8 Å². The summed E-state index contributed by atoms with van der Waals surface area (Å²) < 4.78 is 0. The van der Waals surface area contributed by atoms with Crippen LogP contribution >= 0.6 is 11.6 Å². The van der Waals surface area contributed by atoms with Gasteiger partial charge in [0.25, 0.3) is 11.6 Å². The predicted molar refractivity (Wildman–Crippen MR) is 104 cm³/mol. The van der Waals surface area contributed by atoms with Gasteiger partial charge in [-0.1, -0.05) is 11.6 Å². The van der Waals surface area contributed by atoms with Gasteiger partial charge in [0.2, 0.25) is 5.91 Å². The number of hydrogen-bond acceptors (Lipinski definition) is 5. The van der Waals surface area contributed by atoms with Gasteiger partial charge in [-0.2, -0.15) is 0 Å². The Morgan fingerprint density at radius 2 is 1.85 bits per heavy atom. The van der Waals surface area contributed by atoms with E-state index in [1.165, 1.54) is 30.1 Å². The molecule has 0 saturated heterocycles. The highest BCUT2D eigenvalue weighted by molar-refractivity contribution is 6.30. The summed E-state index contributed by atoms with van der Waals surface area (Å²) in [5.41, 5.74) is 0.824. The van der Waals surface area contributed by atoms with E-state index in [4.69, 9.17) is 11.6 Å². The average molecular weight is 391 g/mol. The second kappa shape index (κ2) is 9.00. The van der Waals surface area contributed by atoms with E-state index in [-0.39, 0.29) is 17.8 Å². The molecular weight excluding hydrogens is 372 g/mol. The molecule has 27 heavy (non-hydrogen) atoms. The number of likely N-dealkylation sites (N-methyl/N-ethyl adjacent to an activating group) is 1. The van der Waals surface area contributed by atoms with Crippen LogP contribution in [0.5, 0.6) is 0 Å². The summed E-state index contributed by atoms with van der Waals surface area (Å²) in [7, 11) is 1.45. The fourth-order valence-electron chi connectivity index (χ4n) is 2.40. The minimum atomic E-state index is -0.554. The number of nitrogens with one attached hydrogen (secondary N) is 2. The van der Waals surface area contributed by atoms with Crippen LogP contribution in [0.25, 0.3) is 0 Å². The first kappa shape index (κ1) is 20.2. The molecule has 0 unspecified atom stereocenters. The summed E-state index contributed by atoms with van der Waals surface area (Å²) in [5, 5.41) is 17.3. The van der Waals surface area contributed by atoms with Gasteiger partial charge in [0.15, 0.2) is 0 Å². The third-order valence-corrected chi connectivity index (χ3v) is 3.92. The molecule has 142 valence electrons. The molecule has 0 fully saturated rings. The van der Waals surface area contributed by atoms with Gasteiger partial charge in [-0.3, -0.25) is 19.7 Å². The van der Waals surface area contributed by atoms with Crippen LogP contribution in [0.3, 0.4) is 0 Å². The molecule has 8 nitrogen and oxygen atoms in total. The zero-order valence-corrected chi connectivity index (χ0v) is 15.6. The number of carbonyl (C=O) groups is 2. The van der Waals surface area contributed by atoms with Gasteiger partial charge in [0.05, 0.1) is 11.5 Å². The van der Waals surface area contributed by atoms with Gasteiger partial charge in [-0.05, 0) is 43.3 Å². The molecule has 9 heteroatoms. The molecule has 0 radical (unpaired) electrons. The SMILES string of the molecule is CCNc1ccc(C(=O)N(C)CC(=O)Nc2ccc(Cl)cc2)cc1[N+](=O)[O-]. The molecule has 2 aromatic carbocycles. The lowest BCUT2D eigenvalue weighted by molar-refractivity contribution is -0.384. The number of rotatable bonds is 7. The van der Waals surface area contributed by atoms with Crippen molar-refractivity contribution < 1.29 is 14.5 Å². The van der Waals surface area contributed by atoms with E-state index in [1.54, 1.807) is 24.3 Å². The van der Waals surface area contributed by atoms with Crippen LogP contribution in [-0.2, 0) is 4.79 Å². The quantitative estimate of drug-likeness (QED) is 0.557. The van der Waals surface area contributed by atoms with Gasteiger partial charge in [0, 0.05) is 35.9 Å². The number of benzene rings is 2. The molecule has 0 atom stereocenters. The Labute approximate surface area is 161 Å². The minimum Gasteiger partial charge on any atom is -0.380 e. The smallest absolute Gasteiger partial charge is 0.293 e. The monoisotopic (exact) mass is 390 g/mol.